The third-order valence-electron chi connectivity index (χ3n) is 2.08. The summed E-state index contributed by atoms with van der Waals surface area (Å²) < 4.78 is 0. The molecule has 0 radical (unpaired) electrons. The molecule has 0 bridgehead atoms. The van der Waals surface area contributed by atoms with Crippen molar-refractivity contribution in [2.45, 2.75) is 19.8 Å². The van der Waals surface area contributed by atoms with Crippen LogP contribution in [0.5, 0.6) is 0 Å². The molecule has 0 spiro atoms. The molecule has 0 saturated carbocycles. The van der Waals surface area contributed by atoms with E-state index in [1.54, 1.807) is 18.2 Å². The number of unbranched alkanes of at least 4 members (excludes halogenated alkanes) is 1. The smallest absolute Gasteiger partial charge is 0.319 e. The van der Waals surface area contributed by atoms with Crippen LogP contribution < -0.4 is 16.4 Å². The summed E-state index contributed by atoms with van der Waals surface area (Å²) in [4.78, 5) is 11.4. The Morgan fingerprint density at radius 1 is 1.50 bits per heavy atom. The zero-order chi connectivity index (χ0) is 12.0. The molecule has 0 aliphatic rings. The number of hydrogen-bond acceptors (Lipinski definition) is 2. The second kappa shape index (κ2) is 6.23. The first kappa shape index (κ1) is 12.6. The number of nitrogen functional groups attached to an aromatic ring is 1. The molecule has 5 heteroatoms. The first-order valence-corrected chi connectivity index (χ1v) is 5.61. The highest BCUT2D eigenvalue weighted by Gasteiger charge is 2.04. The molecule has 1 aromatic carbocycles. The van der Waals surface area contributed by atoms with Crippen molar-refractivity contribution in [1.82, 2.24) is 5.32 Å². The largest absolute Gasteiger partial charge is 0.397 e. The van der Waals surface area contributed by atoms with Crippen molar-refractivity contribution in [3.05, 3.63) is 23.2 Å². The van der Waals surface area contributed by atoms with Crippen molar-refractivity contribution in [3.8, 4) is 0 Å². The average Bonchev–Trinajstić information content (AvgIpc) is 2.23. The minimum absolute atomic E-state index is 0.248. The molecule has 0 heterocycles. The Kier molecular flexibility index (Phi) is 4.92. The van der Waals surface area contributed by atoms with Crippen LogP contribution in [-0.4, -0.2) is 12.6 Å². The third kappa shape index (κ3) is 3.98. The van der Waals surface area contributed by atoms with Crippen molar-refractivity contribution < 1.29 is 4.79 Å². The van der Waals surface area contributed by atoms with E-state index in [2.05, 4.69) is 17.6 Å². The molecule has 1 rings (SSSR count). The van der Waals surface area contributed by atoms with Gasteiger partial charge < -0.3 is 16.4 Å². The van der Waals surface area contributed by atoms with Gasteiger partial charge in [-0.1, -0.05) is 24.9 Å². The molecule has 0 atom stereocenters. The lowest BCUT2D eigenvalue weighted by Gasteiger charge is -2.09. The van der Waals surface area contributed by atoms with Crippen LogP contribution in [0.4, 0.5) is 16.2 Å². The summed E-state index contributed by atoms with van der Waals surface area (Å²) in [6.45, 7) is 2.73. The molecule has 4 nitrogen and oxygen atoms in total. The van der Waals surface area contributed by atoms with Gasteiger partial charge in [0.2, 0.25) is 0 Å². The van der Waals surface area contributed by atoms with Gasteiger partial charge in [-0.2, -0.15) is 0 Å². The summed E-state index contributed by atoms with van der Waals surface area (Å²) in [6.07, 6.45) is 2.01. The summed E-state index contributed by atoms with van der Waals surface area (Å²) in [5.41, 5.74) is 6.72. The number of nitrogens with two attached hydrogens (primary N) is 1. The summed E-state index contributed by atoms with van der Waals surface area (Å²) in [6, 6.07) is 4.71. The van der Waals surface area contributed by atoms with Gasteiger partial charge >= 0.3 is 6.03 Å². The molecular formula is C11H16ClN3O. The number of carbonyl (C=O) groups is 1. The van der Waals surface area contributed by atoms with Crippen LogP contribution in [0.2, 0.25) is 5.02 Å². The molecule has 4 N–H and O–H groups in total. The standard InChI is InChI=1S/C11H16ClN3O/c1-2-3-6-14-11(16)15-10-5-4-8(12)7-9(10)13/h4-5,7H,2-3,6,13H2,1H3,(H2,14,15,16). The van der Waals surface area contributed by atoms with Crippen molar-refractivity contribution in [3.63, 3.8) is 0 Å². The predicted molar refractivity (Wildman–Crippen MR) is 67.8 cm³/mol. The van der Waals surface area contributed by atoms with E-state index in [1.165, 1.54) is 0 Å². The number of rotatable bonds is 4. The Balaban J connectivity index is 2.49. The number of amides is 2. The van der Waals surface area contributed by atoms with Crippen LogP contribution in [0.25, 0.3) is 0 Å². The molecular weight excluding hydrogens is 226 g/mol. The highest BCUT2D eigenvalue weighted by Crippen LogP contribution is 2.22. The summed E-state index contributed by atoms with van der Waals surface area (Å²) in [5.74, 6) is 0. The lowest BCUT2D eigenvalue weighted by atomic mass is 10.3. The van der Waals surface area contributed by atoms with Gasteiger partial charge in [-0.3, -0.25) is 0 Å². The number of carbonyl (C=O) groups excluding carboxylic acids is 1. The maximum absolute atomic E-state index is 11.4. The minimum atomic E-state index is -0.248. The van der Waals surface area contributed by atoms with Crippen molar-refractivity contribution in [2.75, 3.05) is 17.6 Å². The fourth-order valence-corrected chi connectivity index (χ4v) is 1.37. The third-order valence-corrected chi connectivity index (χ3v) is 2.31. The first-order chi connectivity index (χ1) is 7.63. The highest BCUT2D eigenvalue weighted by molar-refractivity contribution is 6.31. The van der Waals surface area contributed by atoms with Crippen LogP contribution in [-0.2, 0) is 0 Å². The van der Waals surface area contributed by atoms with Gasteiger partial charge in [0, 0.05) is 11.6 Å². The molecule has 2 amide bonds. The topological polar surface area (TPSA) is 67.2 Å². The SMILES string of the molecule is CCCCNC(=O)Nc1ccc(Cl)cc1N. The number of urea groups is 1. The maximum Gasteiger partial charge on any atom is 0.319 e. The second-order valence-electron chi connectivity index (χ2n) is 3.47. The van der Waals surface area contributed by atoms with Gasteiger partial charge in [0.05, 0.1) is 11.4 Å². The van der Waals surface area contributed by atoms with Gasteiger partial charge in [0.1, 0.15) is 0 Å². The summed E-state index contributed by atoms with van der Waals surface area (Å²) in [7, 11) is 0. The quantitative estimate of drug-likeness (QED) is 0.561. The van der Waals surface area contributed by atoms with Crippen LogP contribution in [0.1, 0.15) is 19.8 Å². The Labute approximate surface area is 100 Å². The molecule has 1 aromatic rings. The normalized spacial score (nSPS) is 9.88. The number of benzene rings is 1. The summed E-state index contributed by atoms with van der Waals surface area (Å²) in [5, 5.41) is 5.95. The molecule has 0 aliphatic heterocycles. The zero-order valence-electron chi connectivity index (χ0n) is 9.22. The van der Waals surface area contributed by atoms with E-state index in [0.29, 0.717) is 22.9 Å². The number of nitrogens with one attached hydrogen (secondary N) is 2. The molecule has 88 valence electrons. The monoisotopic (exact) mass is 241 g/mol. The Morgan fingerprint density at radius 3 is 2.88 bits per heavy atom. The summed E-state index contributed by atoms with van der Waals surface area (Å²) >= 11 is 5.75. The maximum atomic E-state index is 11.4. The lowest BCUT2D eigenvalue weighted by molar-refractivity contribution is 0.252. The van der Waals surface area contributed by atoms with Crippen molar-refractivity contribution >= 4 is 29.0 Å². The van der Waals surface area contributed by atoms with Crippen molar-refractivity contribution in [2.24, 2.45) is 0 Å². The van der Waals surface area contributed by atoms with Crippen molar-refractivity contribution in [1.29, 1.82) is 0 Å². The first-order valence-electron chi connectivity index (χ1n) is 5.23. The lowest BCUT2D eigenvalue weighted by Crippen LogP contribution is -2.29. The number of hydrogen-bond donors (Lipinski definition) is 3. The number of anilines is 2. The Morgan fingerprint density at radius 2 is 2.25 bits per heavy atom. The predicted octanol–water partition coefficient (Wildman–Crippen LogP) is 2.84. The fourth-order valence-electron chi connectivity index (χ4n) is 1.19. The molecule has 0 aromatic heterocycles. The van der Waals surface area contributed by atoms with E-state index in [1.807, 2.05) is 0 Å². The Hall–Kier alpha value is -1.42. The molecule has 0 unspecified atom stereocenters. The minimum Gasteiger partial charge on any atom is -0.397 e. The number of halogens is 1. The van der Waals surface area contributed by atoms with Gasteiger partial charge in [-0.25, -0.2) is 4.79 Å². The fraction of sp³-hybridized carbons (Fsp3) is 0.364. The van der Waals surface area contributed by atoms with Crippen LogP contribution in [0.3, 0.4) is 0 Å². The molecule has 0 saturated heterocycles. The van der Waals surface area contributed by atoms with Crippen LogP contribution >= 0.6 is 11.6 Å². The Bertz CT molecular complexity index is 368. The van der Waals surface area contributed by atoms with E-state index in [0.717, 1.165) is 12.8 Å². The van der Waals surface area contributed by atoms with Gasteiger partial charge in [-0.15, -0.1) is 0 Å². The van der Waals surface area contributed by atoms with E-state index in [-0.39, 0.29) is 6.03 Å². The van der Waals surface area contributed by atoms with Gasteiger partial charge in [-0.05, 0) is 24.6 Å². The molecule has 16 heavy (non-hydrogen) atoms. The zero-order valence-corrected chi connectivity index (χ0v) is 9.97. The highest BCUT2D eigenvalue weighted by atomic mass is 35.5. The van der Waals surface area contributed by atoms with E-state index in [9.17, 15) is 4.79 Å². The second-order valence-corrected chi connectivity index (χ2v) is 3.90. The van der Waals surface area contributed by atoms with Gasteiger partial charge in [0.25, 0.3) is 0 Å². The van der Waals surface area contributed by atoms with Crippen LogP contribution in [0, 0.1) is 0 Å². The van der Waals surface area contributed by atoms with E-state index in [4.69, 9.17) is 17.3 Å². The average molecular weight is 242 g/mol. The van der Waals surface area contributed by atoms with Crippen LogP contribution in [0.15, 0.2) is 18.2 Å². The van der Waals surface area contributed by atoms with E-state index < -0.39 is 0 Å². The van der Waals surface area contributed by atoms with Gasteiger partial charge in [0.15, 0.2) is 0 Å². The van der Waals surface area contributed by atoms with E-state index >= 15 is 0 Å². The molecule has 0 aliphatic carbocycles. The molecule has 0 fully saturated rings.